The summed E-state index contributed by atoms with van der Waals surface area (Å²) >= 11 is 0. The highest BCUT2D eigenvalue weighted by atomic mass is 16.4. The van der Waals surface area contributed by atoms with Crippen LogP contribution >= 0.6 is 0 Å². The van der Waals surface area contributed by atoms with Gasteiger partial charge in [0.25, 0.3) is 0 Å². The van der Waals surface area contributed by atoms with E-state index in [0.29, 0.717) is 32.4 Å². The predicted octanol–water partition coefficient (Wildman–Crippen LogP) is 2.72. The summed E-state index contributed by atoms with van der Waals surface area (Å²) in [4.78, 5) is 42.3. The fourth-order valence-electron chi connectivity index (χ4n) is 4.25. The lowest BCUT2D eigenvalue weighted by molar-refractivity contribution is -0.145. The molecule has 7 nitrogen and oxygen atoms in total. The van der Waals surface area contributed by atoms with Gasteiger partial charge in [-0.3, -0.25) is 14.4 Å². The molecule has 2 heterocycles. The van der Waals surface area contributed by atoms with Crippen molar-refractivity contribution in [2.75, 3.05) is 19.6 Å². The Morgan fingerprint density at radius 3 is 2.76 bits per heavy atom. The molecule has 1 fully saturated rings. The quantitative estimate of drug-likeness (QED) is 0.781. The third-order valence-electron chi connectivity index (χ3n) is 5.82. The fraction of sp³-hybridized carbons (Fsp3) is 0.500. The molecule has 0 bridgehead atoms. The summed E-state index contributed by atoms with van der Waals surface area (Å²) in [5.41, 5.74) is 3.46. The molecule has 0 saturated carbocycles. The Hall–Kier alpha value is -2.83. The van der Waals surface area contributed by atoms with Gasteiger partial charge in [0, 0.05) is 49.6 Å². The van der Waals surface area contributed by atoms with Gasteiger partial charge in [-0.15, -0.1) is 0 Å². The maximum absolute atomic E-state index is 12.8. The summed E-state index contributed by atoms with van der Waals surface area (Å²) in [5.74, 6) is -1.13. The van der Waals surface area contributed by atoms with E-state index in [4.69, 9.17) is 5.11 Å². The molecule has 1 saturated heterocycles. The van der Waals surface area contributed by atoms with Crippen LogP contribution in [0.5, 0.6) is 0 Å². The number of aromatic amines is 1. The number of carboxylic acid groups (broad SMARTS) is 1. The number of hydrogen-bond acceptors (Lipinski definition) is 3. The largest absolute Gasteiger partial charge is 0.480 e. The number of fused-ring (bicyclic) bond motifs is 1. The van der Waals surface area contributed by atoms with E-state index in [9.17, 15) is 14.4 Å². The first kappa shape index (κ1) is 20.9. The first-order chi connectivity index (χ1) is 13.9. The molecule has 2 amide bonds. The highest BCUT2D eigenvalue weighted by Gasteiger charge is 2.27. The van der Waals surface area contributed by atoms with Crippen molar-refractivity contribution >= 4 is 28.7 Å². The number of likely N-dealkylation sites (tertiary alicyclic amines) is 1. The molecule has 0 spiro atoms. The van der Waals surface area contributed by atoms with Gasteiger partial charge in [-0.2, -0.15) is 0 Å². The van der Waals surface area contributed by atoms with Gasteiger partial charge in [-0.25, -0.2) is 0 Å². The van der Waals surface area contributed by atoms with Crippen molar-refractivity contribution in [3.05, 3.63) is 35.5 Å². The Balaban J connectivity index is 1.58. The smallest absolute Gasteiger partial charge is 0.323 e. The van der Waals surface area contributed by atoms with Gasteiger partial charge in [0.15, 0.2) is 0 Å². The number of nitrogens with zero attached hydrogens (tertiary/aromatic N) is 2. The summed E-state index contributed by atoms with van der Waals surface area (Å²) in [5, 5.41) is 10.2. The number of carboxylic acids is 1. The van der Waals surface area contributed by atoms with Gasteiger partial charge in [0.1, 0.15) is 6.54 Å². The SMILES string of the molecule is CC(=O)N(CC(=O)O)C1CCCN(C(=O)CCc2c[nH]c3c(C)cccc23)CC1. The minimum atomic E-state index is -1.01. The molecule has 1 aliphatic heterocycles. The van der Waals surface area contributed by atoms with Gasteiger partial charge < -0.3 is 19.9 Å². The van der Waals surface area contributed by atoms with E-state index in [0.717, 1.165) is 23.9 Å². The predicted molar refractivity (Wildman–Crippen MR) is 111 cm³/mol. The Morgan fingerprint density at radius 2 is 2.03 bits per heavy atom. The number of H-pyrrole nitrogens is 1. The van der Waals surface area contributed by atoms with Gasteiger partial charge >= 0.3 is 5.97 Å². The zero-order valence-electron chi connectivity index (χ0n) is 17.1. The fourth-order valence-corrected chi connectivity index (χ4v) is 4.25. The van der Waals surface area contributed by atoms with Crippen molar-refractivity contribution < 1.29 is 19.5 Å². The van der Waals surface area contributed by atoms with Gasteiger partial charge in [0.2, 0.25) is 11.8 Å². The number of carbonyl (C=O) groups is 3. The number of carbonyl (C=O) groups excluding carboxylic acids is 2. The van der Waals surface area contributed by atoms with E-state index in [1.807, 2.05) is 17.2 Å². The van der Waals surface area contributed by atoms with E-state index in [1.54, 1.807) is 0 Å². The lowest BCUT2D eigenvalue weighted by Gasteiger charge is -2.28. The van der Waals surface area contributed by atoms with Crippen molar-refractivity contribution in [3.8, 4) is 0 Å². The number of para-hydroxylation sites is 1. The van der Waals surface area contributed by atoms with Crippen LogP contribution < -0.4 is 0 Å². The monoisotopic (exact) mass is 399 g/mol. The molecule has 1 aromatic carbocycles. The first-order valence-corrected chi connectivity index (χ1v) is 10.2. The maximum atomic E-state index is 12.8. The van der Waals surface area contributed by atoms with Crippen LogP contribution in [0.3, 0.4) is 0 Å². The third kappa shape index (κ3) is 4.96. The highest BCUT2D eigenvalue weighted by molar-refractivity contribution is 5.86. The lowest BCUT2D eigenvalue weighted by Crippen LogP contribution is -2.43. The topological polar surface area (TPSA) is 93.7 Å². The first-order valence-electron chi connectivity index (χ1n) is 10.2. The number of aryl methyl sites for hydroxylation is 2. The molecule has 156 valence electrons. The van der Waals surface area contributed by atoms with Crippen LogP contribution in [-0.2, 0) is 20.8 Å². The minimum absolute atomic E-state index is 0.111. The standard InChI is InChI=1S/C22H29N3O4/c1-15-5-3-7-19-17(13-23-22(15)19)8-9-20(27)24-11-4-6-18(10-12-24)25(16(2)26)14-21(28)29/h3,5,7,13,18,23H,4,6,8-12,14H2,1-2H3,(H,28,29). The van der Waals surface area contributed by atoms with Crippen LogP contribution in [0, 0.1) is 6.92 Å². The average Bonchev–Trinajstić information content (AvgIpc) is 2.93. The zero-order chi connectivity index (χ0) is 21.0. The Labute approximate surface area is 170 Å². The van der Waals surface area contributed by atoms with Crippen molar-refractivity contribution in [2.45, 2.75) is 52.0 Å². The second-order valence-electron chi connectivity index (χ2n) is 7.82. The van der Waals surface area contributed by atoms with Gasteiger partial charge in [-0.1, -0.05) is 18.2 Å². The Bertz CT molecular complexity index is 905. The van der Waals surface area contributed by atoms with Crippen LogP contribution in [0.15, 0.2) is 24.4 Å². The van der Waals surface area contributed by atoms with Crippen LogP contribution in [0.4, 0.5) is 0 Å². The summed E-state index contributed by atoms with van der Waals surface area (Å²) in [6.45, 7) is 4.39. The zero-order valence-corrected chi connectivity index (χ0v) is 17.1. The van der Waals surface area contributed by atoms with Gasteiger partial charge in [0.05, 0.1) is 0 Å². The second-order valence-corrected chi connectivity index (χ2v) is 7.82. The van der Waals surface area contributed by atoms with Crippen molar-refractivity contribution in [1.29, 1.82) is 0 Å². The molecule has 1 atom stereocenters. The normalized spacial score (nSPS) is 17.2. The molecule has 1 unspecified atom stereocenters. The van der Waals surface area contributed by atoms with Crippen LogP contribution in [0.2, 0.25) is 0 Å². The number of aliphatic carboxylic acids is 1. The van der Waals surface area contributed by atoms with E-state index < -0.39 is 5.97 Å². The number of hydrogen-bond donors (Lipinski definition) is 2. The molecule has 3 rings (SSSR count). The number of rotatable bonds is 6. The number of amides is 2. The van der Waals surface area contributed by atoms with Crippen LogP contribution in [0.25, 0.3) is 10.9 Å². The molecule has 29 heavy (non-hydrogen) atoms. The van der Waals surface area contributed by atoms with Crippen molar-refractivity contribution in [2.24, 2.45) is 0 Å². The van der Waals surface area contributed by atoms with E-state index in [1.165, 1.54) is 22.8 Å². The summed E-state index contributed by atoms with van der Waals surface area (Å²) in [7, 11) is 0. The molecule has 2 N–H and O–H groups in total. The Morgan fingerprint density at radius 1 is 1.24 bits per heavy atom. The highest BCUT2D eigenvalue weighted by Crippen LogP contribution is 2.23. The van der Waals surface area contributed by atoms with Crippen molar-refractivity contribution in [3.63, 3.8) is 0 Å². The molecule has 7 heteroatoms. The summed E-state index contributed by atoms with van der Waals surface area (Å²) in [6.07, 6.45) is 5.22. The molecular weight excluding hydrogens is 370 g/mol. The van der Waals surface area contributed by atoms with E-state index in [2.05, 4.69) is 24.0 Å². The maximum Gasteiger partial charge on any atom is 0.323 e. The average molecular weight is 399 g/mol. The molecule has 1 aliphatic rings. The number of benzene rings is 1. The van der Waals surface area contributed by atoms with Crippen LogP contribution in [-0.4, -0.2) is 63.4 Å². The minimum Gasteiger partial charge on any atom is -0.480 e. The summed E-state index contributed by atoms with van der Waals surface area (Å²) in [6, 6.07) is 6.05. The summed E-state index contributed by atoms with van der Waals surface area (Å²) < 4.78 is 0. The van der Waals surface area contributed by atoms with Crippen molar-refractivity contribution in [1.82, 2.24) is 14.8 Å². The molecule has 0 aliphatic carbocycles. The second kappa shape index (κ2) is 9.11. The number of aromatic nitrogens is 1. The Kier molecular flexibility index (Phi) is 6.56. The molecule has 0 radical (unpaired) electrons. The van der Waals surface area contributed by atoms with Gasteiger partial charge in [-0.05, 0) is 43.7 Å². The third-order valence-corrected chi connectivity index (χ3v) is 5.82. The molecule has 1 aromatic heterocycles. The molecular formula is C22H29N3O4. The van der Waals surface area contributed by atoms with Crippen LogP contribution in [0.1, 0.15) is 43.7 Å². The lowest BCUT2D eigenvalue weighted by atomic mass is 10.1. The molecule has 2 aromatic rings. The van der Waals surface area contributed by atoms with E-state index in [-0.39, 0.29) is 24.4 Å². The number of nitrogens with one attached hydrogen (secondary N) is 1. The van der Waals surface area contributed by atoms with E-state index >= 15 is 0 Å².